The quantitative estimate of drug-likeness (QED) is 0.834. The van der Waals surface area contributed by atoms with Gasteiger partial charge in [0.25, 0.3) is 0 Å². The van der Waals surface area contributed by atoms with Crippen LogP contribution in [0, 0.1) is 0 Å². The topological polar surface area (TPSA) is 46.2 Å². The molecule has 0 aliphatic rings. The zero-order valence-electron chi connectivity index (χ0n) is 10.8. The second-order valence-electron chi connectivity index (χ2n) is 4.38. The van der Waals surface area contributed by atoms with E-state index in [1.165, 1.54) is 0 Å². The minimum atomic E-state index is -2.89. The Morgan fingerprint density at radius 2 is 2.06 bits per heavy atom. The van der Waals surface area contributed by atoms with Crippen LogP contribution in [0.5, 0.6) is 0 Å². The van der Waals surface area contributed by atoms with Crippen LogP contribution in [0.4, 0.5) is 0 Å². The third-order valence-electron chi connectivity index (χ3n) is 2.73. The Bertz CT molecular complexity index is 474. The summed E-state index contributed by atoms with van der Waals surface area (Å²) in [5.41, 5.74) is 1.15. The van der Waals surface area contributed by atoms with Crippen molar-refractivity contribution >= 4 is 25.8 Å². The largest absolute Gasteiger partial charge is 0.309 e. The molecule has 1 rings (SSSR count). The average Bonchev–Trinajstić information content (AvgIpc) is 2.28. The summed E-state index contributed by atoms with van der Waals surface area (Å²) in [4.78, 5) is 0. The molecule has 0 spiro atoms. The number of rotatable bonds is 7. The van der Waals surface area contributed by atoms with Crippen molar-refractivity contribution in [3.05, 3.63) is 34.3 Å². The molecule has 0 fully saturated rings. The van der Waals surface area contributed by atoms with Gasteiger partial charge in [0.2, 0.25) is 0 Å². The zero-order valence-corrected chi connectivity index (χ0v) is 13.2. The molecule has 0 amide bonds. The molecule has 0 unspecified atom stereocenters. The van der Waals surface area contributed by atoms with Crippen molar-refractivity contribution in [3.8, 4) is 0 Å². The maximum Gasteiger partial charge on any atom is 0.151 e. The third-order valence-corrected chi connectivity index (χ3v) is 5.08. The fourth-order valence-corrected chi connectivity index (χ4v) is 3.41. The number of hydrogen-bond donors (Lipinski definition) is 1. The van der Waals surface area contributed by atoms with Gasteiger partial charge in [-0.2, -0.15) is 0 Å². The third kappa shape index (κ3) is 5.50. The second kappa shape index (κ2) is 7.26. The van der Waals surface area contributed by atoms with Gasteiger partial charge in [-0.05, 0) is 31.0 Å². The first-order valence-electron chi connectivity index (χ1n) is 6.14. The maximum atomic E-state index is 11.6. The van der Waals surface area contributed by atoms with E-state index in [4.69, 9.17) is 0 Å². The van der Waals surface area contributed by atoms with E-state index in [0.29, 0.717) is 13.0 Å². The summed E-state index contributed by atoms with van der Waals surface area (Å²) in [7, 11) is -2.89. The summed E-state index contributed by atoms with van der Waals surface area (Å²) in [5.74, 6) is 0.485. The van der Waals surface area contributed by atoms with Crippen LogP contribution in [0.1, 0.15) is 31.9 Å². The Labute approximate surface area is 118 Å². The van der Waals surface area contributed by atoms with Gasteiger partial charge in [-0.15, -0.1) is 0 Å². The maximum absolute atomic E-state index is 11.6. The summed E-state index contributed by atoms with van der Waals surface area (Å²) in [6.07, 6.45) is 0.684. The highest BCUT2D eigenvalue weighted by molar-refractivity contribution is 9.10. The summed E-state index contributed by atoms with van der Waals surface area (Å²) in [6, 6.07) is 8.17. The Hall–Kier alpha value is -0.390. The monoisotopic (exact) mass is 333 g/mol. The van der Waals surface area contributed by atoms with Gasteiger partial charge in [0.15, 0.2) is 9.84 Å². The van der Waals surface area contributed by atoms with Crippen LogP contribution in [-0.2, 0) is 9.84 Å². The molecule has 0 saturated carbocycles. The van der Waals surface area contributed by atoms with Crippen LogP contribution in [0.3, 0.4) is 0 Å². The molecule has 3 nitrogen and oxygen atoms in total. The molecule has 0 aromatic heterocycles. The van der Waals surface area contributed by atoms with E-state index in [1.54, 1.807) is 0 Å². The lowest BCUT2D eigenvalue weighted by atomic mass is 10.1. The first-order chi connectivity index (χ1) is 8.44. The van der Waals surface area contributed by atoms with Gasteiger partial charge in [-0.1, -0.05) is 35.0 Å². The van der Waals surface area contributed by atoms with Crippen LogP contribution in [0.2, 0.25) is 0 Å². The van der Waals surface area contributed by atoms with E-state index >= 15 is 0 Å². The number of hydrogen-bond acceptors (Lipinski definition) is 3. The van der Waals surface area contributed by atoms with Crippen molar-refractivity contribution in [3.63, 3.8) is 0 Å². The van der Waals surface area contributed by atoms with Gasteiger partial charge in [0, 0.05) is 22.8 Å². The lowest BCUT2D eigenvalue weighted by molar-refractivity contribution is 0.571. The standard InChI is InChI=1S/C13H20BrNO2S/c1-3-8-18(16,17)9-7-15-11(2)12-5-4-6-13(14)10-12/h4-6,10-11,15H,3,7-9H2,1-2H3/t11-/m1/s1. The summed E-state index contributed by atoms with van der Waals surface area (Å²) in [6.45, 7) is 4.42. The van der Waals surface area contributed by atoms with Gasteiger partial charge < -0.3 is 5.32 Å². The normalized spacial score (nSPS) is 13.5. The molecular formula is C13H20BrNO2S. The first kappa shape index (κ1) is 15.7. The molecular weight excluding hydrogens is 314 g/mol. The molecule has 0 aliphatic carbocycles. The Kier molecular flexibility index (Phi) is 6.32. The van der Waals surface area contributed by atoms with E-state index < -0.39 is 9.84 Å². The molecule has 0 saturated heterocycles. The molecule has 0 radical (unpaired) electrons. The van der Waals surface area contributed by atoms with E-state index in [1.807, 2.05) is 38.1 Å². The minimum Gasteiger partial charge on any atom is -0.309 e. The van der Waals surface area contributed by atoms with E-state index in [-0.39, 0.29) is 17.5 Å². The first-order valence-corrected chi connectivity index (χ1v) is 8.75. The molecule has 1 aromatic rings. The lowest BCUT2D eigenvalue weighted by Gasteiger charge is -2.14. The Balaban J connectivity index is 2.45. The predicted molar refractivity (Wildman–Crippen MR) is 79.5 cm³/mol. The lowest BCUT2D eigenvalue weighted by Crippen LogP contribution is -2.26. The average molecular weight is 334 g/mol. The number of nitrogens with one attached hydrogen (secondary N) is 1. The summed E-state index contributed by atoms with van der Waals surface area (Å²) in [5, 5.41) is 3.24. The highest BCUT2D eigenvalue weighted by Crippen LogP contribution is 2.17. The van der Waals surface area contributed by atoms with Gasteiger partial charge in [-0.3, -0.25) is 0 Å². The molecule has 18 heavy (non-hydrogen) atoms. The molecule has 0 bridgehead atoms. The number of halogens is 1. The van der Waals surface area contributed by atoms with E-state index in [2.05, 4.69) is 21.2 Å². The van der Waals surface area contributed by atoms with Gasteiger partial charge in [-0.25, -0.2) is 8.42 Å². The van der Waals surface area contributed by atoms with Crippen molar-refractivity contribution in [2.75, 3.05) is 18.1 Å². The van der Waals surface area contributed by atoms with Gasteiger partial charge >= 0.3 is 0 Å². The van der Waals surface area contributed by atoms with Crippen molar-refractivity contribution in [1.82, 2.24) is 5.32 Å². The highest BCUT2D eigenvalue weighted by atomic mass is 79.9. The fourth-order valence-electron chi connectivity index (χ4n) is 1.74. The molecule has 102 valence electrons. The van der Waals surface area contributed by atoms with Crippen molar-refractivity contribution in [2.45, 2.75) is 26.3 Å². The smallest absolute Gasteiger partial charge is 0.151 e. The summed E-state index contributed by atoms with van der Waals surface area (Å²) >= 11 is 3.43. The van der Waals surface area contributed by atoms with E-state index in [9.17, 15) is 8.42 Å². The molecule has 0 aliphatic heterocycles. The number of benzene rings is 1. The zero-order chi connectivity index (χ0) is 13.6. The predicted octanol–water partition coefficient (Wildman–Crippen LogP) is 2.92. The molecule has 0 heterocycles. The molecule has 1 aromatic carbocycles. The molecule has 5 heteroatoms. The van der Waals surface area contributed by atoms with Crippen molar-refractivity contribution < 1.29 is 8.42 Å². The fraction of sp³-hybridized carbons (Fsp3) is 0.538. The van der Waals surface area contributed by atoms with Crippen molar-refractivity contribution in [2.24, 2.45) is 0 Å². The Morgan fingerprint density at radius 1 is 1.33 bits per heavy atom. The summed E-state index contributed by atoms with van der Waals surface area (Å²) < 4.78 is 24.1. The minimum absolute atomic E-state index is 0.152. The number of sulfone groups is 1. The van der Waals surface area contributed by atoms with Crippen LogP contribution in [0.25, 0.3) is 0 Å². The van der Waals surface area contributed by atoms with Crippen LogP contribution in [0.15, 0.2) is 28.7 Å². The highest BCUT2D eigenvalue weighted by Gasteiger charge is 2.10. The van der Waals surface area contributed by atoms with Gasteiger partial charge in [0.1, 0.15) is 0 Å². The van der Waals surface area contributed by atoms with Gasteiger partial charge in [0.05, 0.1) is 5.75 Å². The Morgan fingerprint density at radius 3 is 2.67 bits per heavy atom. The van der Waals surface area contributed by atoms with Crippen LogP contribution >= 0.6 is 15.9 Å². The second-order valence-corrected chi connectivity index (χ2v) is 7.60. The van der Waals surface area contributed by atoms with Crippen LogP contribution < -0.4 is 5.32 Å². The van der Waals surface area contributed by atoms with E-state index in [0.717, 1.165) is 10.0 Å². The molecule has 1 atom stereocenters. The van der Waals surface area contributed by atoms with Crippen LogP contribution in [-0.4, -0.2) is 26.5 Å². The molecule has 1 N–H and O–H groups in total. The SMILES string of the molecule is CCCS(=O)(=O)CCN[C@H](C)c1cccc(Br)c1. The van der Waals surface area contributed by atoms with Crippen molar-refractivity contribution in [1.29, 1.82) is 0 Å².